The van der Waals surface area contributed by atoms with Crippen LogP contribution in [0.15, 0.2) is 0 Å². The van der Waals surface area contributed by atoms with Crippen molar-refractivity contribution in [2.24, 2.45) is 0 Å². The predicted molar refractivity (Wildman–Crippen MR) is 79.7 cm³/mol. The maximum Gasteiger partial charge on any atom is 0.326 e. The summed E-state index contributed by atoms with van der Waals surface area (Å²) in [5.41, 5.74) is -0.485. The van der Waals surface area contributed by atoms with Crippen LogP contribution in [0.25, 0.3) is 0 Å². The molecule has 0 aromatic rings. The lowest BCUT2D eigenvalue weighted by molar-refractivity contribution is -0.151. The van der Waals surface area contributed by atoms with Crippen molar-refractivity contribution >= 4 is 5.97 Å². The molecule has 20 heavy (non-hydrogen) atoms. The van der Waals surface area contributed by atoms with E-state index in [0.29, 0.717) is 12.1 Å². The Kier molecular flexibility index (Phi) is 5.04. The zero-order chi connectivity index (χ0) is 14.8. The summed E-state index contributed by atoms with van der Waals surface area (Å²) in [7, 11) is 5.55. The molecular weight excluding hydrogens is 254 g/mol. The van der Waals surface area contributed by atoms with E-state index in [9.17, 15) is 4.79 Å². The molecular formula is C15H29N3O2. The number of rotatable bonds is 3. The Bertz CT molecular complexity index is 350. The van der Waals surface area contributed by atoms with Gasteiger partial charge in [0.05, 0.1) is 7.11 Å². The van der Waals surface area contributed by atoms with Crippen LogP contribution in [0.5, 0.6) is 0 Å². The number of hydrogen-bond acceptors (Lipinski definition) is 5. The summed E-state index contributed by atoms with van der Waals surface area (Å²) in [4.78, 5) is 17.1. The molecule has 1 aliphatic heterocycles. The number of carbonyl (C=O) groups is 1. The summed E-state index contributed by atoms with van der Waals surface area (Å²) in [6.45, 7) is 5.62. The van der Waals surface area contributed by atoms with E-state index in [-0.39, 0.29) is 5.97 Å². The normalized spacial score (nSPS) is 36.8. The van der Waals surface area contributed by atoms with Crippen molar-refractivity contribution in [2.75, 3.05) is 40.8 Å². The zero-order valence-electron chi connectivity index (χ0n) is 13.3. The first-order chi connectivity index (χ1) is 9.52. The Morgan fingerprint density at radius 3 is 2.75 bits per heavy atom. The topological polar surface area (TPSA) is 44.8 Å². The third kappa shape index (κ3) is 3.00. The molecule has 0 aromatic carbocycles. The zero-order valence-corrected chi connectivity index (χ0v) is 13.3. The Morgan fingerprint density at radius 2 is 2.15 bits per heavy atom. The molecule has 1 N–H and O–H groups in total. The fourth-order valence-corrected chi connectivity index (χ4v) is 3.94. The monoisotopic (exact) mass is 283 g/mol. The van der Waals surface area contributed by atoms with Gasteiger partial charge in [-0.3, -0.25) is 9.69 Å². The molecule has 0 bridgehead atoms. The van der Waals surface area contributed by atoms with Crippen LogP contribution in [-0.2, 0) is 9.53 Å². The van der Waals surface area contributed by atoms with E-state index >= 15 is 0 Å². The van der Waals surface area contributed by atoms with Crippen molar-refractivity contribution in [3.63, 3.8) is 0 Å². The molecule has 1 saturated carbocycles. The Labute approximate surface area is 122 Å². The highest BCUT2D eigenvalue weighted by Crippen LogP contribution is 2.33. The fourth-order valence-electron chi connectivity index (χ4n) is 3.94. The first-order valence-corrected chi connectivity index (χ1v) is 7.74. The van der Waals surface area contributed by atoms with Crippen LogP contribution >= 0.6 is 0 Å². The van der Waals surface area contributed by atoms with Crippen molar-refractivity contribution in [3.8, 4) is 0 Å². The molecule has 0 spiro atoms. The molecule has 0 aromatic heterocycles. The molecule has 2 aliphatic rings. The van der Waals surface area contributed by atoms with E-state index in [1.54, 1.807) is 0 Å². The Balaban J connectivity index is 2.08. The minimum atomic E-state index is -0.485. The number of piperazine rings is 1. The van der Waals surface area contributed by atoms with Gasteiger partial charge < -0.3 is 15.0 Å². The van der Waals surface area contributed by atoms with Gasteiger partial charge in [-0.05, 0) is 46.7 Å². The SMILES string of the molecule is CNC1(C(=O)OC)CCCC(N2CCN(C)CC2C)C1. The third-order valence-electron chi connectivity index (χ3n) is 5.13. The summed E-state index contributed by atoms with van der Waals surface area (Å²) in [6, 6.07) is 1.04. The van der Waals surface area contributed by atoms with Crippen molar-refractivity contribution in [3.05, 3.63) is 0 Å². The number of hydrogen-bond donors (Lipinski definition) is 1. The number of methoxy groups -OCH3 is 1. The molecule has 3 atom stereocenters. The smallest absolute Gasteiger partial charge is 0.326 e. The maximum atomic E-state index is 12.2. The van der Waals surface area contributed by atoms with Crippen LogP contribution < -0.4 is 5.32 Å². The van der Waals surface area contributed by atoms with E-state index in [1.807, 2.05) is 7.05 Å². The fraction of sp³-hybridized carbons (Fsp3) is 0.933. The van der Waals surface area contributed by atoms with Crippen molar-refractivity contribution in [1.29, 1.82) is 0 Å². The average Bonchev–Trinajstić information content (AvgIpc) is 2.46. The Hall–Kier alpha value is -0.650. The second-order valence-corrected chi connectivity index (χ2v) is 6.42. The largest absolute Gasteiger partial charge is 0.468 e. The minimum Gasteiger partial charge on any atom is -0.468 e. The summed E-state index contributed by atoms with van der Waals surface area (Å²) in [5.74, 6) is -0.105. The first-order valence-electron chi connectivity index (χ1n) is 7.74. The number of ether oxygens (including phenoxy) is 1. The molecule has 5 nitrogen and oxygen atoms in total. The van der Waals surface area contributed by atoms with Gasteiger partial charge in [0.2, 0.25) is 0 Å². The first kappa shape index (κ1) is 15.7. The molecule has 1 aliphatic carbocycles. The summed E-state index contributed by atoms with van der Waals surface area (Å²) >= 11 is 0. The van der Waals surface area contributed by atoms with Gasteiger partial charge in [0.15, 0.2) is 0 Å². The third-order valence-corrected chi connectivity index (χ3v) is 5.13. The highest BCUT2D eigenvalue weighted by Gasteiger charge is 2.45. The molecule has 2 rings (SSSR count). The lowest BCUT2D eigenvalue weighted by atomic mass is 9.78. The lowest BCUT2D eigenvalue weighted by Gasteiger charge is -2.48. The van der Waals surface area contributed by atoms with E-state index in [0.717, 1.165) is 38.9 Å². The van der Waals surface area contributed by atoms with Gasteiger partial charge in [-0.15, -0.1) is 0 Å². The van der Waals surface area contributed by atoms with Crippen LogP contribution in [0, 0.1) is 0 Å². The summed E-state index contributed by atoms with van der Waals surface area (Å²) in [5, 5.41) is 3.25. The van der Waals surface area contributed by atoms with Gasteiger partial charge in [-0.1, -0.05) is 0 Å². The van der Waals surface area contributed by atoms with Crippen LogP contribution in [0.3, 0.4) is 0 Å². The quantitative estimate of drug-likeness (QED) is 0.772. The van der Waals surface area contributed by atoms with Gasteiger partial charge >= 0.3 is 5.97 Å². The summed E-state index contributed by atoms with van der Waals surface area (Å²) < 4.78 is 5.04. The number of nitrogens with one attached hydrogen (secondary N) is 1. The molecule has 0 radical (unpaired) electrons. The average molecular weight is 283 g/mol. The summed E-state index contributed by atoms with van der Waals surface area (Å²) in [6.07, 6.45) is 4.02. The van der Waals surface area contributed by atoms with E-state index in [4.69, 9.17) is 4.74 Å². The standard InChI is InChI=1S/C15H29N3O2/c1-12-11-17(3)8-9-18(12)13-6-5-7-15(10-13,16-2)14(19)20-4/h12-13,16H,5-11H2,1-4H3. The second kappa shape index (κ2) is 6.41. The van der Waals surface area contributed by atoms with Gasteiger partial charge in [0.25, 0.3) is 0 Å². The van der Waals surface area contributed by atoms with Gasteiger partial charge in [0.1, 0.15) is 5.54 Å². The Morgan fingerprint density at radius 1 is 1.40 bits per heavy atom. The highest BCUT2D eigenvalue weighted by molar-refractivity contribution is 5.81. The maximum absolute atomic E-state index is 12.2. The molecule has 5 heteroatoms. The minimum absolute atomic E-state index is 0.105. The molecule has 116 valence electrons. The van der Waals surface area contributed by atoms with Gasteiger partial charge in [-0.2, -0.15) is 0 Å². The number of likely N-dealkylation sites (N-methyl/N-ethyl adjacent to an activating group) is 2. The van der Waals surface area contributed by atoms with Gasteiger partial charge in [-0.25, -0.2) is 0 Å². The molecule has 0 amide bonds. The van der Waals surface area contributed by atoms with E-state index in [2.05, 4.69) is 29.1 Å². The van der Waals surface area contributed by atoms with Crippen molar-refractivity contribution in [2.45, 2.75) is 50.2 Å². The number of carbonyl (C=O) groups excluding carboxylic acids is 1. The van der Waals surface area contributed by atoms with Crippen LogP contribution in [0.1, 0.15) is 32.6 Å². The second-order valence-electron chi connectivity index (χ2n) is 6.42. The molecule has 1 saturated heterocycles. The van der Waals surface area contributed by atoms with Crippen molar-refractivity contribution in [1.82, 2.24) is 15.1 Å². The molecule has 1 heterocycles. The molecule has 3 unspecified atom stereocenters. The van der Waals surface area contributed by atoms with Crippen molar-refractivity contribution < 1.29 is 9.53 Å². The lowest BCUT2D eigenvalue weighted by Crippen LogP contribution is -2.61. The van der Waals surface area contributed by atoms with E-state index < -0.39 is 5.54 Å². The number of nitrogens with zero attached hydrogens (tertiary/aromatic N) is 2. The predicted octanol–water partition coefficient (Wildman–Crippen LogP) is 0.696. The van der Waals surface area contributed by atoms with Crippen LogP contribution in [0.4, 0.5) is 0 Å². The molecule has 2 fully saturated rings. The number of esters is 1. The van der Waals surface area contributed by atoms with E-state index in [1.165, 1.54) is 13.5 Å². The highest BCUT2D eigenvalue weighted by atomic mass is 16.5. The van der Waals surface area contributed by atoms with Gasteiger partial charge in [0, 0.05) is 31.7 Å². The van der Waals surface area contributed by atoms with Crippen LogP contribution in [-0.4, -0.2) is 74.2 Å². The van der Waals surface area contributed by atoms with Crippen LogP contribution in [0.2, 0.25) is 0 Å².